The molecule has 2 heterocycles. The van der Waals surface area contributed by atoms with Gasteiger partial charge in [-0.15, -0.1) is 0 Å². The Kier molecular flexibility index (Phi) is 8.47. The summed E-state index contributed by atoms with van der Waals surface area (Å²) in [5, 5.41) is 0. The van der Waals surface area contributed by atoms with Crippen molar-refractivity contribution in [3.05, 3.63) is 35.9 Å². The van der Waals surface area contributed by atoms with Gasteiger partial charge in [-0.1, -0.05) is 49.7 Å². The monoisotopic (exact) mass is 266 g/mol. The van der Waals surface area contributed by atoms with E-state index < -0.39 is 0 Å². The Morgan fingerprint density at radius 3 is 2.32 bits per heavy atom. The number of benzene rings is 1. The molecule has 3 rings (SSSR count). The molecule has 0 amide bonds. The Morgan fingerprint density at radius 1 is 1.00 bits per heavy atom. The lowest BCUT2D eigenvalue weighted by atomic mass is 10.1. The summed E-state index contributed by atoms with van der Waals surface area (Å²) in [5.41, 5.74) is 1.32. The van der Waals surface area contributed by atoms with Gasteiger partial charge < -0.3 is 14.2 Å². The third-order valence-corrected chi connectivity index (χ3v) is 2.97. The molecule has 0 N–H and O–H groups in total. The second-order valence-electron chi connectivity index (χ2n) is 4.40. The molecule has 0 bridgehead atoms. The molecule has 0 saturated carbocycles. The first-order valence-corrected chi connectivity index (χ1v) is 7.19. The minimum absolute atomic E-state index is 0.211. The lowest BCUT2D eigenvalue weighted by Gasteiger charge is -2.34. The summed E-state index contributed by atoms with van der Waals surface area (Å²) in [5.74, 6) is 0. The first-order valence-electron chi connectivity index (χ1n) is 7.19. The molecular weight excluding hydrogens is 240 g/mol. The number of aryl methyl sites for hydroxylation is 1. The highest BCUT2D eigenvalue weighted by molar-refractivity contribution is 5.11. The zero-order valence-corrected chi connectivity index (χ0v) is 12.3. The molecule has 1 aromatic carbocycles. The minimum atomic E-state index is 0.211. The van der Waals surface area contributed by atoms with Crippen molar-refractivity contribution in [3.8, 4) is 0 Å². The normalized spacial score (nSPS) is 25.0. The smallest absolute Gasteiger partial charge is 0.147 e. The third-order valence-electron chi connectivity index (χ3n) is 2.97. The van der Waals surface area contributed by atoms with E-state index in [1.54, 1.807) is 0 Å². The van der Waals surface area contributed by atoms with Crippen molar-refractivity contribution in [2.75, 3.05) is 20.0 Å². The predicted molar refractivity (Wildman–Crippen MR) is 77.2 cm³/mol. The maximum Gasteiger partial charge on any atom is 0.147 e. The second-order valence-corrected chi connectivity index (χ2v) is 4.40. The van der Waals surface area contributed by atoms with Crippen molar-refractivity contribution in [3.63, 3.8) is 0 Å². The van der Waals surface area contributed by atoms with Gasteiger partial charge in [-0.2, -0.15) is 0 Å². The van der Waals surface area contributed by atoms with Crippen molar-refractivity contribution in [1.82, 2.24) is 0 Å². The van der Waals surface area contributed by atoms with E-state index in [0.29, 0.717) is 19.5 Å². The van der Waals surface area contributed by atoms with Gasteiger partial charge in [0.15, 0.2) is 0 Å². The van der Waals surface area contributed by atoms with Gasteiger partial charge in [0.2, 0.25) is 0 Å². The van der Waals surface area contributed by atoms with Crippen LogP contribution in [-0.2, 0) is 14.2 Å². The number of fused-ring (bicyclic) bond motifs is 1. The van der Waals surface area contributed by atoms with Crippen LogP contribution in [0.3, 0.4) is 0 Å². The van der Waals surface area contributed by atoms with Crippen LogP contribution in [0.25, 0.3) is 0 Å². The summed E-state index contributed by atoms with van der Waals surface area (Å²) >= 11 is 0. The Morgan fingerprint density at radius 2 is 1.74 bits per heavy atom. The Balaban J connectivity index is 0.000000177. The molecule has 2 aliphatic rings. The largest absolute Gasteiger partial charge is 0.373 e. The fourth-order valence-corrected chi connectivity index (χ4v) is 1.99. The standard InChI is InChI=1S/C7H12O3.C7H8.C2H6/c1-2-6-7(9-3-1)4-8-5-10-6;1-7-5-3-2-4-6-7;1-2/h6-7H,1-5H2;2-6H,1H3;1-2H3. The summed E-state index contributed by atoms with van der Waals surface area (Å²) in [6, 6.07) is 10.3. The van der Waals surface area contributed by atoms with Crippen LogP contribution in [0, 0.1) is 6.92 Å². The van der Waals surface area contributed by atoms with Gasteiger partial charge in [0.05, 0.1) is 12.7 Å². The summed E-state index contributed by atoms with van der Waals surface area (Å²) in [6.45, 7) is 8.11. The van der Waals surface area contributed by atoms with E-state index in [0.717, 1.165) is 19.4 Å². The van der Waals surface area contributed by atoms with Crippen LogP contribution in [0.15, 0.2) is 30.3 Å². The van der Waals surface area contributed by atoms with Gasteiger partial charge >= 0.3 is 0 Å². The van der Waals surface area contributed by atoms with E-state index in [-0.39, 0.29) is 6.10 Å². The third kappa shape index (κ3) is 6.19. The molecule has 1 aromatic rings. The summed E-state index contributed by atoms with van der Waals surface area (Å²) in [7, 11) is 0. The minimum Gasteiger partial charge on any atom is -0.373 e. The average molecular weight is 266 g/mol. The van der Waals surface area contributed by atoms with Crippen LogP contribution in [-0.4, -0.2) is 32.2 Å². The lowest BCUT2D eigenvalue weighted by Crippen LogP contribution is -2.43. The van der Waals surface area contributed by atoms with Crippen LogP contribution in [0.4, 0.5) is 0 Å². The van der Waals surface area contributed by atoms with Crippen molar-refractivity contribution in [2.24, 2.45) is 0 Å². The maximum atomic E-state index is 5.43. The topological polar surface area (TPSA) is 27.7 Å². The summed E-state index contributed by atoms with van der Waals surface area (Å²) in [6.07, 6.45) is 2.78. The van der Waals surface area contributed by atoms with Crippen molar-refractivity contribution < 1.29 is 14.2 Å². The van der Waals surface area contributed by atoms with Crippen LogP contribution in [0.2, 0.25) is 0 Å². The van der Waals surface area contributed by atoms with Gasteiger partial charge in [-0.25, -0.2) is 0 Å². The molecule has 0 aliphatic carbocycles. The van der Waals surface area contributed by atoms with Crippen LogP contribution >= 0.6 is 0 Å². The van der Waals surface area contributed by atoms with Crippen LogP contribution < -0.4 is 0 Å². The lowest BCUT2D eigenvalue weighted by molar-refractivity contribution is -0.223. The molecule has 19 heavy (non-hydrogen) atoms. The van der Waals surface area contributed by atoms with Crippen molar-refractivity contribution in [2.45, 2.75) is 45.8 Å². The molecule has 2 unspecified atom stereocenters. The Bertz CT molecular complexity index is 287. The molecule has 108 valence electrons. The number of ether oxygens (including phenoxy) is 3. The van der Waals surface area contributed by atoms with E-state index in [2.05, 4.69) is 19.1 Å². The summed E-state index contributed by atoms with van der Waals surface area (Å²) < 4.78 is 15.9. The second kappa shape index (κ2) is 9.96. The number of hydrogen-bond donors (Lipinski definition) is 0. The summed E-state index contributed by atoms with van der Waals surface area (Å²) in [4.78, 5) is 0. The van der Waals surface area contributed by atoms with Crippen LogP contribution in [0.5, 0.6) is 0 Å². The molecule has 3 nitrogen and oxygen atoms in total. The first-order chi connectivity index (χ1) is 9.36. The molecule has 0 aromatic heterocycles. The zero-order valence-electron chi connectivity index (χ0n) is 12.3. The van der Waals surface area contributed by atoms with E-state index in [1.165, 1.54) is 5.56 Å². The molecular formula is C16H26O3. The molecule has 0 spiro atoms. The highest BCUT2D eigenvalue weighted by Gasteiger charge is 2.29. The van der Waals surface area contributed by atoms with Gasteiger partial charge in [0, 0.05) is 6.61 Å². The van der Waals surface area contributed by atoms with Gasteiger partial charge in [0.25, 0.3) is 0 Å². The Labute approximate surface area is 116 Å². The van der Waals surface area contributed by atoms with Gasteiger partial charge in [-0.3, -0.25) is 0 Å². The highest BCUT2D eigenvalue weighted by atomic mass is 16.7. The fourth-order valence-electron chi connectivity index (χ4n) is 1.99. The Hall–Kier alpha value is -0.900. The van der Waals surface area contributed by atoms with Crippen LogP contribution in [0.1, 0.15) is 32.3 Å². The quantitative estimate of drug-likeness (QED) is 0.718. The van der Waals surface area contributed by atoms with E-state index in [1.807, 2.05) is 32.0 Å². The number of hydrogen-bond acceptors (Lipinski definition) is 3. The van der Waals surface area contributed by atoms with Gasteiger partial charge in [0.1, 0.15) is 12.9 Å². The predicted octanol–water partition coefficient (Wildman–Crippen LogP) is 3.56. The van der Waals surface area contributed by atoms with Crippen molar-refractivity contribution >= 4 is 0 Å². The molecule has 2 aliphatic heterocycles. The van der Waals surface area contributed by atoms with Gasteiger partial charge in [-0.05, 0) is 19.8 Å². The molecule has 3 heteroatoms. The fraction of sp³-hybridized carbons (Fsp3) is 0.625. The molecule has 2 atom stereocenters. The highest BCUT2D eigenvalue weighted by Crippen LogP contribution is 2.20. The van der Waals surface area contributed by atoms with Crippen molar-refractivity contribution in [1.29, 1.82) is 0 Å². The molecule has 2 saturated heterocycles. The molecule has 2 fully saturated rings. The molecule has 0 radical (unpaired) electrons. The van der Waals surface area contributed by atoms with E-state index in [9.17, 15) is 0 Å². The zero-order chi connectivity index (χ0) is 13.9. The van der Waals surface area contributed by atoms with E-state index in [4.69, 9.17) is 14.2 Å². The average Bonchev–Trinajstić information content (AvgIpc) is 2.51. The SMILES string of the molecule is C1COC2COCOC2C1.CC.Cc1ccccc1. The maximum absolute atomic E-state index is 5.43. The number of rotatable bonds is 0. The van der Waals surface area contributed by atoms with E-state index >= 15 is 0 Å². The first kappa shape index (κ1) is 16.2.